The fourth-order valence-electron chi connectivity index (χ4n) is 2.92. The number of carbonyl (C=O) groups excluding carboxylic acids is 1. The molecule has 9 heteroatoms. The van der Waals surface area contributed by atoms with Gasteiger partial charge in [-0.15, -0.1) is 0 Å². The Kier molecular flexibility index (Phi) is 7.75. The van der Waals surface area contributed by atoms with E-state index in [1.54, 1.807) is 42.5 Å². The van der Waals surface area contributed by atoms with Crippen molar-refractivity contribution in [3.05, 3.63) is 94.6 Å². The van der Waals surface area contributed by atoms with Crippen LogP contribution in [0.5, 0.6) is 5.75 Å². The molecule has 3 aromatic rings. The molecule has 3 rings (SSSR count). The number of hydrazine groups is 1. The van der Waals surface area contributed by atoms with Gasteiger partial charge in [-0.1, -0.05) is 49.0 Å². The molecule has 7 nitrogen and oxygen atoms in total. The van der Waals surface area contributed by atoms with Gasteiger partial charge in [0.05, 0.1) is 23.4 Å². The lowest BCUT2D eigenvalue weighted by atomic mass is 10.2. The van der Waals surface area contributed by atoms with E-state index in [-0.39, 0.29) is 10.6 Å². The molecule has 0 atom stereocenters. The number of amides is 1. The zero-order chi connectivity index (χ0) is 23.1. The van der Waals surface area contributed by atoms with Gasteiger partial charge in [0.1, 0.15) is 12.3 Å². The molecule has 1 amide bonds. The fourth-order valence-corrected chi connectivity index (χ4v) is 4.91. The Balaban J connectivity index is 1.84. The normalized spacial score (nSPS) is 10.8. The number of halogens is 1. The molecule has 0 saturated heterocycles. The summed E-state index contributed by atoms with van der Waals surface area (Å²) in [6.07, 6.45) is 0. The van der Waals surface area contributed by atoms with Crippen LogP contribution in [0.3, 0.4) is 0 Å². The Labute approximate surface area is 201 Å². The van der Waals surface area contributed by atoms with Gasteiger partial charge in [-0.3, -0.25) is 20.0 Å². The average Bonchev–Trinajstić information content (AvgIpc) is 2.81. The number of methoxy groups -OCH3 is 1. The smallest absolute Gasteiger partial charge is 0.264 e. The first kappa shape index (κ1) is 23.6. The van der Waals surface area contributed by atoms with Gasteiger partial charge in [0.2, 0.25) is 0 Å². The summed E-state index contributed by atoms with van der Waals surface area (Å²) in [6, 6.07) is 22.1. The van der Waals surface area contributed by atoms with E-state index in [9.17, 15) is 13.2 Å². The standard InChI is InChI=1S/C23H22IN3O4S/c1-17(18-9-8-10-19(24)15-18)25-26-23(28)16-27(21-13-6-7-14-22(21)31-2)32(29,30)20-11-4-3-5-12-20/h3-15,25H,1,16H2,2H3,(H,26,28). The van der Waals surface area contributed by atoms with Crippen molar-refractivity contribution in [1.29, 1.82) is 0 Å². The maximum absolute atomic E-state index is 13.4. The number of sulfonamides is 1. The van der Waals surface area contributed by atoms with Gasteiger partial charge in [0.15, 0.2) is 0 Å². The van der Waals surface area contributed by atoms with Crippen LogP contribution in [0.2, 0.25) is 0 Å². The summed E-state index contributed by atoms with van der Waals surface area (Å²) >= 11 is 2.18. The zero-order valence-corrected chi connectivity index (χ0v) is 20.3. The number of benzene rings is 3. The summed E-state index contributed by atoms with van der Waals surface area (Å²) in [7, 11) is -2.59. The second-order valence-corrected chi connectivity index (χ2v) is 9.77. The van der Waals surface area contributed by atoms with Crippen molar-refractivity contribution in [2.45, 2.75) is 4.90 Å². The molecule has 0 bridgehead atoms. The van der Waals surface area contributed by atoms with Crippen LogP contribution in [0.1, 0.15) is 5.56 Å². The molecule has 32 heavy (non-hydrogen) atoms. The number of nitrogens with one attached hydrogen (secondary N) is 2. The highest BCUT2D eigenvalue weighted by Crippen LogP contribution is 2.32. The molecular formula is C23H22IN3O4S. The van der Waals surface area contributed by atoms with Crippen LogP contribution < -0.4 is 19.9 Å². The van der Waals surface area contributed by atoms with Crippen molar-refractivity contribution < 1.29 is 17.9 Å². The molecule has 0 aliphatic heterocycles. The number of carbonyl (C=O) groups is 1. The molecule has 0 saturated carbocycles. The minimum Gasteiger partial charge on any atom is -0.495 e. The third-order valence-electron chi connectivity index (χ3n) is 4.50. The molecular weight excluding hydrogens is 541 g/mol. The molecule has 166 valence electrons. The van der Waals surface area contributed by atoms with Crippen LogP contribution in [-0.2, 0) is 14.8 Å². The molecule has 0 spiro atoms. The number of nitrogens with zero attached hydrogens (tertiary/aromatic N) is 1. The molecule has 0 heterocycles. The molecule has 0 radical (unpaired) electrons. The minimum absolute atomic E-state index is 0.0648. The Morgan fingerprint density at radius 3 is 2.38 bits per heavy atom. The van der Waals surface area contributed by atoms with Crippen LogP contribution in [0.15, 0.2) is 90.3 Å². The van der Waals surface area contributed by atoms with Gasteiger partial charge in [-0.2, -0.15) is 0 Å². The monoisotopic (exact) mass is 563 g/mol. The maximum atomic E-state index is 13.4. The molecule has 0 aliphatic carbocycles. The van der Waals surface area contributed by atoms with Crippen molar-refractivity contribution in [2.24, 2.45) is 0 Å². The topological polar surface area (TPSA) is 87.7 Å². The second kappa shape index (κ2) is 10.5. The van der Waals surface area contributed by atoms with E-state index < -0.39 is 22.5 Å². The maximum Gasteiger partial charge on any atom is 0.264 e. The van der Waals surface area contributed by atoms with Gasteiger partial charge in [0.25, 0.3) is 15.9 Å². The number of ether oxygens (including phenoxy) is 1. The molecule has 3 aromatic carbocycles. The van der Waals surface area contributed by atoms with Crippen LogP contribution in [-0.4, -0.2) is 28.0 Å². The fraction of sp³-hybridized carbons (Fsp3) is 0.0870. The van der Waals surface area contributed by atoms with Gasteiger partial charge in [-0.05, 0) is 64.6 Å². The molecule has 0 aromatic heterocycles. The van der Waals surface area contributed by atoms with E-state index >= 15 is 0 Å². The van der Waals surface area contributed by atoms with Crippen LogP contribution in [0.25, 0.3) is 5.70 Å². The molecule has 0 aliphatic rings. The van der Waals surface area contributed by atoms with Crippen molar-refractivity contribution in [3.8, 4) is 5.75 Å². The first-order valence-electron chi connectivity index (χ1n) is 9.53. The summed E-state index contributed by atoms with van der Waals surface area (Å²) in [4.78, 5) is 12.8. The third kappa shape index (κ3) is 5.60. The summed E-state index contributed by atoms with van der Waals surface area (Å²) < 4.78 is 34.1. The minimum atomic E-state index is -4.04. The van der Waals surface area contributed by atoms with E-state index in [1.165, 1.54) is 19.2 Å². The SMILES string of the molecule is C=C(NNC(=O)CN(c1ccccc1OC)S(=O)(=O)c1ccccc1)c1cccc(I)c1. The van der Waals surface area contributed by atoms with Crippen LogP contribution >= 0.6 is 22.6 Å². The first-order chi connectivity index (χ1) is 15.3. The second-order valence-electron chi connectivity index (χ2n) is 6.66. The summed E-state index contributed by atoms with van der Waals surface area (Å²) in [5, 5.41) is 0. The van der Waals surface area contributed by atoms with Crippen molar-refractivity contribution in [1.82, 2.24) is 10.9 Å². The van der Waals surface area contributed by atoms with E-state index in [0.717, 1.165) is 13.4 Å². The summed E-state index contributed by atoms with van der Waals surface area (Å²) in [5.74, 6) is -0.238. The number of anilines is 1. The summed E-state index contributed by atoms with van der Waals surface area (Å²) in [5.41, 5.74) is 6.81. The van der Waals surface area contributed by atoms with Crippen LogP contribution in [0, 0.1) is 3.57 Å². The predicted molar refractivity (Wildman–Crippen MR) is 133 cm³/mol. The number of para-hydroxylation sites is 2. The van der Waals surface area contributed by atoms with E-state index in [4.69, 9.17) is 4.74 Å². The zero-order valence-electron chi connectivity index (χ0n) is 17.3. The number of rotatable bonds is 9. The quantitative estimate of drug-likeness (QED) is 0.306. The molecule has 2 N–H and O–H groups in total. The Hall–Kier alpha value is -3.05. The van der Waals surface area contributed by atoms with Gasteiger partial charge in [-0.25, -0.2) is 8.42 Å². The lowest BCUT2D eigenvalue weighted by Gasteiger charge is -2.25. The van der Waals surface area contributed by atoms with Gasteiger partial charge in [0, 0.05) is 3.57 Å². The third-order valence-corrected chi connectivity index (χ3v) is 6.94. The Morgan fingerprint density at radius 1 is 1.00 bits per heavy atom. The molecule has 0 unspecified atom stereocenters. The lowest BCUT2D eigenvalue weighted by molar-refractivity contribution is -0.120. The van der Waals surface area contributed by atoms with Crippen LogP contribution in [0.4, 0.5) is 5.69 Å². The van der Waals surface area contributed by atoms with Crippen molar-refractivity contribution in [3.63, 3.8) is 0 Å². The Bertz CT molecular complexity index is 1220. The van der Waals surface area contributed by atoms with E-state index in [1.807, 2.05) is 24.3 Å². The Morgan fingerprint density at radius 2 is 1.69 bits per heavy atom. The predicted octanol–water partition coefficient (Wildman–Crippen LogP) is 3.79. The summed E-state index contributed by atoms with van der Waals surface area (Å²) in [6.45, 7) is 3.45. The number of hydrogen-bond donors (Lipinski definition) is 2. The lowest BCUT2D eigenvalue weighted by Crippen LogP contribution is -2.45. The molecule has 0 fully saturated rings. The highest BCUT2D eigenvalue weighted by atomic mass is 127. The van der Waals surface area contributed by atoms with E-state index in [2.05, 4.69) is 40.0 Å². The van der Waals surface area contributed by atoms with E-state index in [0.29, 0.717) is 11.4 Å². The van der Waals surface area contributed by atoms with Crippen molar-refractivity contribution >= 4 is 49.9 Å². The highest BCUT2D eigenvalue weighted by molar-refractivity contribution is 14.1. The van der Waals surface area contributed by atoms with Gasteiger partial charge >= 0.3 is 0 Å². The highest BCUT2D eigenvalue weighted by Gasteiger charge is 2.29. The van der Waals surface area contributed by atoms with Gasteiger partial charge < -0.3 is 4.74 Å². The average molecular weight is 563 g/mol. The largest absolute Gasteiger partial charge is 0.495 e. The van der Waals surface area contributed by atoms with Crippen molar-refractivity contribution in [2.75, 3.05) is 18.0 Å². The first-order valence-corrected chi connectivity index (χ1v) is 12.1. The number of hydrogen-bond acceptors (Lipinski definition) is 5.